The molecule has 98 valence electrons. The second-order valence-corrected chi connectivity index (χ2v) is 5.90. The highest BCUT2D eigenvalue weighted by Crippen LogP contribution is 2.13. The van der Waals surface area contributed by atoms with E-state index in [2.05, 4.69) is 51.2 Å². The summed E-state index contributed by atoms with van der Waals surface area (Å²) in [5, 5.41) is 3.55. The fraction of sp³-hybridized carbons (Fsp3) is 1.00. The molecule has 0 rings (SSSR count). The highest BCUT2D eigenvalue weighted by Gasteiger charge is 2.21. The van der Waals surface area contributed by atoms with Crippen molar-refractivity contribution in [3.8, 4) is 0 Å². The third-order valence-corrected chi connectivity index (χ3v) is 3.99. The van der Waals surface area contributed by atoms with Crippen molar-refractivity contribution in [1.29, 1.82) is 0 Å². The lowest BCUT2D eigenvalue weighted by Crippen LogP contribution is -2.48. The Morgan fingerprint density at radius 3 is 2.31 bits per heavy atom. The molecule has 2 nitrogen and oxygen atoms in total. The van der Waals surface area contributed by atoms with E-state index in [4.69, 9.17) is 0 Å². The largest absolute Gasteiger partial charge is 0.315 e. The van der Waals surface area contributed by atoms with Crippen LogP contribution in [0.1, 0.15) is 34.1 Å². The Labute approximate surface area is 107 Å². The van der Waals surface area contributed by atoms with E-state index in [-0.39, 0.29) is 0 Å². The molecule has 0 aliphatic carbocycles. The van der Waals surface area contributed by atoms with Gasteiger partial charge in [-0.15, -0.1) is 0 Å². The summed E-state index contributed by atoms with van der Waals surface area (Å²) in [5.74, 6) is 1.92. The molecule has 0 spiro atoms. The number of thioether (sulfide) groups is 1. The van der Waals surface area contributed by atoms with Crippen LogP contribution in [0.15, 0.2) is 0 Å². The minimum Gasteiger partial charge on any atom is -0.315 e. The second kappa shape index (κ2) is 9.32. The highest BCUT2D eigenvalue weighted by molar-refractivity contribution is 7.98. The third-order valence-electron chi connectivity index (χ3n) is 3.18. The first-order valence-corrected chi connectivity index (χ1v) is 7.85. The Balaban J connectivity index is 4.17. The van der Waals surface area contributed by atoms with Gasteiger partial charge in [-0.05, 0) is 39.1 Å². The molecule has 0 aliphatic heterocycles. The molecule has 0 aliphatic rings. The predicted octanol–water partition coefficient (Wildman–Crippen LogP) is 2.69. The summed E-state index contributed by atoms with van der Waals surface area (Å²) in [6.45, 7) is 11.4. The van der Waals surface area contributed by atoms with Gasteiger partial charge in [0.05, 0.1) is 0 Å². The third kappa shape index (κ3) is 6.12. The van der Waals surface area contributed by atoms with Crippen LogP contribution in [0.2, 0.25) is 0 Å². The number of hydrogen-bond donors (Lipinski definition) is 1. The first-order valence-electron chi connectivity index (χ1n) is 6.46. The average molecular weight is 246 g/mol. The van der Waals surface area contributed by atoms with Crippen molar-refractivity contribution >= 4 is 11.8 Å². The van der Waals surface area contributed by atoms with Gasteiger partial charge in [-0.1, -0.05) is 20.8 Å². The monoisotopic (exact) mass is 246 g/mol. The van der Waals surface area contributed by atoms with Gasteiger partial charge in [0.25, 0.3) is 0 Å². The smallest absolute Gasteiger partial charge is 0.0243 e. The molecule has 2 unspecified atom stereocenters. The van der Waals surface area contributed by atoms with E-state index in [0.29, 0.717) is 18.0 Å². The van der Waals surface area contributed by atoms with Gasteiger partial charge in [0.15, 0.2) is 0 Å². The molecule has 0 aromatic rings. The fourth-order valence-corrected chi connectivity index (χ4v) is 2.68. The van der Waals surface area contributed by atoms with Gasteiger partial charge >= 0.3 is 0 Å². The van der Waals surface area contributed by atoms with Gasteiger partial charge in [0, 0.05) is 24.4 Å². The lowest BCUT2D eigenvalue weighted by molar-refractivity contribution is 0.153. The van der Waals surface area contributed by atoms with Crippen LogP contribution >= 0.6 is 11.8 Å². The lowest BCUT2D eigenvalue weighted by atomic mass is 10.0. The Hall–Kier alpha value is 0.270. The first kappa shape index (κ1) is 16.3. The van der Waals surface area contributed by atoms with Crippen molar-refractivity contribution in [3.05, 3.63) is 0 Å². The SMILES string of the molecule is CCCNCC(C(C)C)N(C)C(C)CSC. The highest BCUT2D eigenvalue weighted by atomic mass is 32.2. The topological polar surface area (TPSA) is 15.3 Å². The Kier molecular flexibility index (Phi) is 9.47. The summed E-state index contributed by atoms with van der Waals surface area (Å²) < 4.78 is 0. The van der Waals surface area contributed by atoms with Crippen molar-refractivity contribution in [2.24, 2.45) is 5.92 Å². The molecule has 3 heteroatoms. The molecule has 0 bridgehead atoms. The molecule has 0 aromatic heterocycles. The van der Waals surface area contributed by atoms with Gasteiger partial charge in [0.2, 0.25) is 0 Å². The van der Waals surface area contributed by atoms with E-state index in [1.807, 2.05) is 11.8 Å². The molecule has 1 N–H and O–H groups in total. The molecule has 0 heterocycles. The van der Waals surface area contributed by atoms with Crippen LogP contribution < -0.4 is 5.32 Å². The fourth-order valence-electron chi connectivity index (χ4n) is 1.96. The van der Waals surface area contributed by atoms with Gasteiger partial charge in [0.1, 0.15) is 0 Å². The summed E-state index contributed by atoms with van der Waals surface area (Å²) >= 11 is 1.93. The standard InChI is InChI=1S/C13H30N2S/c1-7-8-14-9-13(11(2)3)15(5)12(4)10-16-6/h11-14H,7-10H2,1-6H3. The first-order chi connectivity index (χ1) is 7.54. The molecule has 0 saturated heterocycles. The Bertz CT molecular complexity index is 162. The Morgan fingerprint density at radius 2 is 1.88 bits per heavy atom. The minimum atomic E-state index is 0.647. The molecular formula is C13H30N2S. The van der Waals surface area contributed by atoms with E-state index < -0.39 is 0 Å². The van der Waals surface area contributed by atoms with Crippen LogP contribution in [0.3, 0.4) is 0 Å². The predicted molar refractivity (Wildman–Crippen MR) is 77.4 cm³/mol. The number of rotatable bonds is 9. The van der Waals surface area contributed by atoms with Crippen molar-refractivity contribution in [2.75, 3.05) is 32.1 Å². The molecule has 0 aromatic carbocycles. The zero-order valence-corrected chi connectivity index (χ0v) is 12.7. The molecule has 0 radical (unpaired) electrons. The maximum absolute atomic E-state index is 3.55. The van der Waals surface area contributed by atoms with E-state index in [1.165, 1.54) is 12.2 Å². The van der Waals surface area contributed by atoms with Crippen molar-refractivity contribution in [1.82, 2.24) is 10.2 Å². The van der Waals surface area contributed by atoms with E-state index in [9.17, 15) is 0 Å². The van der Waals surface area contributed by atoms with E-state index in [1.54, 1.807) is 0 Å². The molecule has 0 amide bonds. The lowest BCUT2D eigenvalue weighted by Gasteiger charge is -2.35. The zero-order chi connectivity index (χ0) is 12.6. The summed E-state index contributed by atoms with van der Waals surface area (Å²) in [6, 6.07) is 1.31. The molecule has 16 heavy (non-hydrogen) atoms. The normalized spacial score (nSPS) is 15.8. The number of hydrogen-bond acceptors (Lipinski definition) is 3. The summed E-state index contributed by atoms with van der Waals surface area (Å²) in [7, 11) is 2.26. The van der Waals surface area contributed by atoms with Gasteiger partial charge in [-0.25, -0.2) is 0 Å². The van der Waals surface area contributed by atoms with Gasteiger partial charge < -0.3 is 5.32 Å². The molecule has 0 fully saturated rings. The number of nitrogens with zero attached hydrogens (tertiary/aromatic N) is 1. The van der Waals surface area contributed by atoms with Crippen LogP contribution in [-0.4, -0.2) is 49.1 Å². The summed E-state index contributed by atoms with van der Waals surface area (Å²) in [5.41, 5.74) is 0. The minimum absolute atomic E-state index is 0.647. The summed E-state index contributed by atoms with van der Waals surface area (Å²) in [6.07, 6.45) is 3.40. The van der Waals surface area contributed by atoms with E-state index in [0.717, 1.165) is 13.1 Å². The zero-order valence-electron chi connectivity index (χ0n) is 11.9. The molecule has 2 atom stereocenters. The maximum atomic E-state index is 3.55. The van der Waals surface area contributed by atoms with Gasteiger partial charge in [-0.2, -0.15) is 11.8 Å². The summed E-state index contributed by atoms with van der Waals surface area (Å²) in [4.78, 5) is 2.53. The quantitative estimate of drug-likeness (QED) is 0.630. The van der Waals surface area contributed by atoms with Crippen molar-refractivity contribution in [2.45, 2.75) is 46.2 Å². The number of nitrogens with one attached hydrogen (secondary N) is 1. The molecular weight excluding hydrogens is 216 g/mol. The van der Waals surface area contributed by atoms with E-state index >= 15 is 0 Å². The van der Waals surface area contributed by atoms with Crippen LogP contribution in [-0.2, 0) is 0 Å². The number of likely N-dealkylation sites (N-methyl/N-ethyl adjacent to an activating group) is 1. The molecule has 0 saturated carbocycles. The Morgan fingerprint density at radius 1 is 1.25 bits per heavy atom. The van der Waals surface area contributed by atoms with Crippen LogP contribution in [0, 0.1) is 5.92 Å². The van der Waals surface area contributed by atoms with Crippen LogP contribution in [0.4, 0.5) is 0 Å². The second-order valence-electron chi connectivity index (χ2n) is 4.99. The van der Waals surface area contributed by atoms with Crippen molar-refractivity contribution < 1.29 is 0 Å². The van der Waals surface area contributed by atoms with Gasteiger partial charge in [-0.3, -0.25) is 4.90 Å². The van der Waals surface area contributed by atoms with Crippen molar-refractivity contribution in [3.63, 3.8) is 0 Å². The van der Waals surface area contributed by atoms with Crippen LogP contribution in [0.5, 0.6) is 0 Å². The maximum Gasteiger partial charge on any atom is 0.0243 e. The average Bonchev–Trinajstić information content (AvgIpc) is 2.23. The van der Waals surface area contributed by atoms with Crippen LogP contribution in [0.25, 0.3) is 0 Å².